The van der Waals surface area contributed by atoms with Crippen LogP contribution in [0.2, 0.25) is 0 Å². The van der Waals surface area contributed by atoms with Crippen molar-refractivity contribution in [1.29, 1.82) is 5.26 Å². The minimum atomic E-state index is -3.57. The molecule has 118 valence electrons. The summed E-state index contributed by atoms with van der Waals surface area (Å²) in [4.78, 5) is 12.3. The van der Waals surface area contributed by atoms with E-state index < -0.39 is 15.9 Å². The van der Waals surface area contributed by atoms with Gasteiger partial charge in [-0.25, -0.2) is 12.7 Å². The van der Waals surface area contributed by atoms with Gasteiger partial charge in [-0.05, 0) is 36.4 Å². The van der Waals surface area contributed by atoms with Gasteiger partial charge in [0.1, 0.15) is 0 Å². The average molecular weight is 329 g/mol. The van der Waals surface area contributed by atoms with Crippen LogP contribution in [-0.2, 0) is 10.0 Å². The van der Waals surface area contributed by atoms with Crippen molar-refractivity contribution in [2.45, 2.75) is 4.90 Å². The standard InChI is InChI=1S/C16H15N3O3S/c1-19(2)23(21,22)15-8-4-7-14(10-15)18-16(20)13-6-3-5-12(9-13)11-17/h3-10H,1-2H3,(H,18,20). The lowest BCUT2D eigenvalue weighted by atomic mass is 10.1. The monoisotopic (exact) mass is 329 g/mol. The SMILES string of the molecule is CN(C)S(=O)(=O)c1cccc(NC(=O)c2cccc(C#N)c2)c1. The summed E-state index contributed by atoms with van der Waals surface area (Å²) in [7, 11) is -0.695. The van der Waals surface area contributed by atoms with E-state index in [0.29, 0.717) is 16.8 Å². The van der Waals surface area contributed by atoms with Gasteiger partial charge in [-0.3, -0.25) is 4.79 Å². The van der Waals surface area contributed by atoms with Gasteiger partial charge in [0.2, 0.25) is 10.0 Å². The molecule has 0 aromatic heterocycles. The molecular weight excluding hydrogens is 314 g/mol. The molecule has 0 heterocycles. The summed E-state index contributed by atoms with van der Waals surface area (Å²) in [5.41, 5.74) is 1.06. The minimum absolute atomic E-state index is 0.0890. The molecule has 23 heavy (non-hydrogen) atoms. The lowest BCUT2D eigenvalue weighted by Crippen LogP contribution is -2.22. The maximum absolute atomic E-state index is 12.2. The molecule has 0 saturated heterocycles. The Morgan fingerprint density at radius 2 is 1.83 bits per heavy atom. The molecule has 2 aromatic carbocycles. The van der Waals surface area contributed by atoms with Crippen LogP contribution in [0.4, 0.5) is 5.69 Å². The van der Waals surface area contributed by atoms with Gasteiger partial charge in [-0.15, -0.1) is 0 Å². The van der Waals surface area contributed by atoms with Gasteiger partial charge >= 0.3 is 0 Å². The highest BCUT2D eigenvalue weighted by atomic mass is 32.2. The van der Waals surface area contributed by atoms with Crippen molar-refractivity contribution in [3.05, 3.63) is 59.7 Å². The Morgan fingerprint density at radius 1 is 1.13 bits per heavy atom. The third-order valence-electron chi connectivity index (χ3n) is 3.12. The molecule has 1 amide bonds. The van der Waals surface area contributed by atoms with Crippen LogP contribution in [0.1, 0.15) is 15.9 Å². The van der Waals surface area contributed by atoms with E-state index in [-0.39, 0.29) is 4.90 Å². The number of hydrogen-bond acceptors (Lipinski definition) is 4. The highest BCUT2D eigenvalue weighted by Crippen LogP contribution is 2.18. The van der Waals surface area contributed by atoms with Crippen molar-refractivity contribution in [3.8, 4) is 6.07 Å². The predicted octanol–water partition coefficient (Wildman–Crippen LogP) is 2.06. The van der Waals surface area contributed by atoms with Crippen LogP contribution in [0, 0.1) is 11.3 Å². The Bertz CT molecular complexity index is 883. The van der Waals surface area contributed by atoms with Gasteiger partial charge in [0.15, 0.2) is 0 Å². The number of hydrogen-bond donors (Lipinski definition) is 1. The second-order valence-corrected chi connectivity index (χ2v) is 7.11. The van der Waals surface area contributed by atoms with Crippen molar-refractivity contribution < 1.29 is 13.2 Å². The summed E-state index contributed by atoms with van der Waals surface area (Å²) in [5, 5.41) is 11.5. The molecule has 1 N–H and O–H groups in total. The van der Waals surface area contributed by atoms with Gasteiger partial charge in [-0.1, -0.05) is 12.1 Å². The molecule has 0 atom stereocenters. The maximum Gasteiger partial charge on any atom is 0.255 e. The number of carbonyl (C=O) groups is 1. The Kier molecular flexibility index (Phi) is 4.79. The van der Waals surface area contributed by atoms with Gasteiger partial charge in [0, 0.05) is 25.3 Å². The Balaban J connectivity index is 2.27. The number of rotatable bonds is 4. The van der Waals surface area contributed by atoms with E-state index in [2.05, 4.69) is 5.32 Å². The van der Waals surface area contributed by atoms with Crippen molar-refractivity contribution in [1.82, 2.24) is 4.31 Å². The highest BCUT2D eigenvalue weighted by Gasteiger charge is 2.17. The molecule has 0 spiro atoms. The van der Waals surface area contributed by atoms with Crippen LogP contribution in [0.15, 0.2) is 53.4 Å². The topological polar surface area (TPSA) is 90.3 Å². The zero-order chi connectivity index (χ0) is 17.0. The van der Waals surface area contributed by atoms with E-state index in [0.717, 1.165) is 4.31 Å². The summed E-state index contributed by atoms with van der Waals surface area (Å²) in [6, 6.07) is 14.2. The van der Waals surface area contributed by atoms with E-state index >= 15 is 0 Å². The number of nitriles is 1. The molecule has 0 fully saturated rings. The molecule has 0 bridgehead atoms. The van der Waals surface area contributed by atoms with E-state index in [1.807, 2.05) is 6.07 Å². The van der Waals surface area contributed by atoms with Crippen molar-refractivity contribution in [2.24, 2.45) is 0 Å². The van der Waals surface area contributed by atoms with Crippen molar-refractivity contribution in [3.63, 3.8) is 0 Å². The molecule has 7 heteroatoms. The van der Waals surface area contributed by atoms with E-state index in [4.69, 9.17) is 5.26 Å². The van der Waals surface area contributed by atoms with Gasteiger partial charge in [-0.2, -0.15) is 5.26 Å². The molecular formula is C16H15N3O3S. The zero-order valence-electron chi connectivity index (χ0n) is 12.6. The van der Waals surface area contributed by atoms with Gasteiger partial charge < -0.3 is 5.32 Å². The third kappa shape index (κ3) is 3.74. The predicted molar refractivity (Wildman–Crippen MR) is 86.4 cm³/mol. The molecule has 2 aromatic rings. The zero-order valence-corrected chi connectivity index (χ0v) is 13.5. The Morgan fingerprint density at radius 3 is 2.48 bits per heavy atom. The Labute approximate surface area is 135 Å². The highest BCUT2D eigenvalue weighted by molar-refractivity contribution is 7.89. The summed E-state index contributed by atoms with van der Waals surface area (Å²) < 4.78 is 25.3. The maximum atomic E-state index is 12.2. The molecule has 0 unspecified atom stereocenters. The average Bonchev–Trinajstić information content (AvgIpc) is 2.55. The minimum Gasteiger partial charge on any atom is -0.322 e. The first kappa shape index (κ1) is 16.7. The van der Waals surface area contributed by atoms with Crippen LogP contribution in [-0.4, -0.2) is 32.7 Å². The van der Waals surface area contributed by atoms with E-state index in [1.165, 1.54) is 32.3 Å². The van der Waals surface area contributed by atoms with Crippen molar-refractivity contribution in [2.75, 3.05) is 19.4 Å². The quantitative estimate of drug-likeness (QED) is 0.929. The summed E-state index contributed by atoms with van der Waals surface area (Å²) in [6.07, 6.45) is 0. The number of nitrogens with zero attached hydrogens (tertiary/aromatic N) is 2. The van der Waals surface area contributed by atoms with Crippen LogP contribution >= 0.6 is 0 Å². The van der Waals surface area contributed by atoms with E-state index in [9.17, 15) is 13.2 Å². The number of sulfonamides is 1. The first-order chi connectivity index (χ1) is 10.8. The number of nitrogens with one attached hydrogen (secondary N) is 1. The number of carbonyl (C=O) groups excluding carboxylic acids is 1. The lowest BCUT2D eigenvalue weighted by molar-refractivity contribution is 0.102. The molecule has 2 rings (SSSR count). The molecule has 0 saturated carbocycles. The molecule has 6 nitrogen and oxygen atoms in total. The summed E-state index contributed by atoms with van der Waals surface area (Å²) in [6.45, 7) is 0. The van der Waals surface area contributed by atoms with Crippen LogP contribution < -0.4 is 5.32 Å². The summed E-state index contributed by atoms with van der Waals surface area (Å²) >= 11 is 0. The molecule has 0 aliphatic rings. The van der Waals surface area contributed by atoms with Crippen LogP contribution in [0.5, 0.6) is 0 Å². The number of benzene rings is 2. The summed E-state index contributed by atoms with van der Waals surface area (Å²) in [5.74, 6) is -0.415. The van der Waals surface area contributed by atoms with Crippen LogP contribution in [0.25, 0.3) is 0 Å². The smallest absolute Gasteiger partial charge is 0.255 e. The van der Waals surface area contributed by atoms with Crippen molar-refractivity contribution >= 4 is 21.6 Å². The molecule has 0 radical (unpaired) electrons. The van der Waals surface area contributed by atoms with Gasteiger partial charge in [0.05, 0.1) is 16.5 Å². The second kappa shape index (κ2) is 6.60. The normalized spacial score (nSPS) is 11.0. The molecule has 0 aliphatic carbocycles. The third-order valence-corrected chi connectivity index (χ3v) is 4.94. The number of anilines is 1. The van der Waals surface area contributed by atoms with Gasteiger partial charge in [0.25, 0.3) is 5.91 Å². The molecule has 0 aliphatic heterocycles. The fourth-order valence-electron chi connectivity index (χ4n) is 1.88. The fraction of sp³-hybridized carbons (Fsp3) is 0.125. The fourth-order valence-corrected chi connectivity index (χ4v) is 2.83. The largest absolute Gasteiger partial charge is 0.322 e. The van der Waals surface area contributed by atoms with E-state index in [1.54, 1.807) is 30.3 Å². The number of amides is 1. The first-order valence-electron chi connectivity index (χ1n) is 6.68. The second-order valence-electron chi connectivity index (χ2n) is 4.96. The first-order valence-corrected chi connectivity index (χ1v) is 8.12. The Hall–Kier alpha value is -2.69. The lowest BCUT2D eigenvalue weighted by Gasteiger charge is -2.12. The van der Waals surface area contributed by atoms with Crippen LogP contribution in [0.3, 0.4) is 0 Å².